The van der Waals surface area contributed by atoms with E-state index in [1.807, 2.05) is 13.8 Å². The van der Waals surface area contributed by atoms with E-state index in [-0.39, 0.29) is 17.4 Å². The fourth-order valence-corrected chi connectivity index (χ4v) is 1.78. The third-order valence-corrected chi connectivity index (χ3v) is 2.96. The summed E-state index contributed by atoms with van der Waals surface area (Å²) in [5, 5.41) is 2.60. The van der Waals surface area contributed by atoms with Gasteiger partial charge in [-0.3, -0.25) is 19.9 Å². The lowest BCUT2D eigenvalue weighted by Crippen LogP contribution is -2.34. The fourth-order valence-electron chi connectivity index (χ4n) is 1.78. The van der Waals surface area contributed by atoms with Crippen molar-refractivity contribution >= 4 is 11.9 Å². The monoisotopic (exact) mass is 311 g/mol. The van der Waals surface area contributed by atoms with Crippen LogP contribution in [0.4, 0.5) is 5.95 Å². The molecule has 1 aromatic heterocycles. The molecule has 1 aromatic rings. The zero-order valence-electron chi connectivity index (χ0n) is 14.1. The van der Waals surface area contributed by atoms with Crippen LogP contribution in [0.1, 0.15) is 47.2 Å². The zero-order chi connectivity index (χ0) is 17.0. The normalized spacial score (nSPS) is 12.3. The van der Waals surface area contributed by atoms with Crippen molar-refractivity contribution in [2.24, 2.45) is 5.41 Å². The number of aromatic nitrogens is 2. The summed E-state index contributed by atoms with van der Waals surface area (Å²) in [5.74, 6) is -1.31. The standard InChI is InChI=1S/C15H25N3O4/c1-7-21-15(6,22-8-2)10-9-11(19)17-13(16-10)18-12(20)14(3,4)5/h9H,7-8H2,1-6H3,(H2,16,17,18,19,20). The molecule has 0 saturated carbocycles. The molecule has 0 radical (unpaired) electrons. The Morgan fingerprint density at radius 1 is 1.23 bits per heavy atom. The first-order valence-corrected chi connectivity index (χ1v) is 7.33. The van der Waals surface area contributed by atoms with Crippen molar-refractivity contribution in [3.8, 4) is 0 Å². The number of nitrogens with one attached hydrogen (secondary N) is 2. The Kier molecular flexibility index (Phi) is 5.85. The Labute approximate surface area is 130 Å². The quantitative estimate of drug-likeness (QED) is 0.784. The van der Waals surface area contributed by atoms with Crippen molar-refractivity contribution in [3.63, 3.8) is 0 Å². The maximum atomic E-state index is 12.0. The number of carbonyl (C=O) groups is 1. The Bertz CT molecular complexity index is 569. The van der Waals surface area contributed by atoms with E-state index in [2.05, 4.69) is 15.3 Å². The van der Waals surface area contributed by atoms with Crippen LogP contribution in [-0.4, -0.2) is 29.1 Å². The summed E-state index contributed by atoms with van der Waals surface area (Å²) in [6.07, 6.45) is 0. The molecule has 0 aliphatic carbocycles. The number of nitrogens with zero attached hydrogens (tertiary/aromatic N) is 1. The lowest BCUT2D eigenvalue weighted by atomic mass is 9.96. The van der Waals surface area contributed by atoms with Gasteiger partial charge in [-0.25, -0.2) is 4.98 Å². The van der Waals surface area contributed by atoms with Crippen molar-refractivity contribution in [1.82, 2.24) is 9.97 Å². The molecule has 0 bridgehead atoms. The number of ether oxygens (including phenoxy) is 2. The Hall–Kier alpha value is -1.73. The van der Waals surface area contributed by atoms with Gasteiger partial charge in [0.1, 0.15) is 5.69 Å². The summed E-state index contributed by atoms with van der Waals surface area (Å²) < 4.78 is 11.2. The van der Waals surface area contributed by atoms with Gasteiger partial charge in [-0.2, -0.15) is 0 Å². The van der Waals surface area contributed by atoms with E-state index in [4.69, 9.17) is 9.47 Å². The number of hydrogen-bond donors (Lipinski definition) is 2. The first-order valence-electron chi connectivity index (χ1n) is 7.33. The van der Waals surface area contributed by atoms with E-state index < -0.39 is 11.2 Å². The van der Waals surface area contributed by atoms with Crippen LogP contribution >= 0.6 is 0 Å². The van der Waals surface area contributed by atoms with Gasteiger partial charge in [0, 0.05) is 24.7 Å². The molecule has 7 heteroatoms. The van der Waals surface area contributed by atoms with E-state index >= 15 is 0 Å². The highest BCUT2D eigenvalue weighted by Gasteiger charge is 2.31. The van der Waals surface area contributed by atoms with Crippen LogP contribution in [0.25, 0.3) is 0 Å². The van der Waals surface area contributed by atoms with Crippen molar-refractivity contribution in [2.75, 3.05) is 18.5 Å². The Balaban J connectivity index is 3.18. The molecule has 2 N–H and O–H groups in total. The molecule has 1 rings (SSSR count). The fraction of sp³-hybridized carbons (Fsp3) is 0.667. The van der Waals surface area contributed by atoms with Crippen molar-refractivity contribution in [1.29, 1.82) is 0 Å². The molecule has 0 saturated heterocycles. The van der Waals surface area contributed by atoms with Gasteiger partial charge in [0.15, 0.2) is 0 Å². The molecule has 0 aliphatic heterocycles. The molecule has 124 valence electrons. The third-order valence-electron chi connectivity index (χ3n) is 2.96. The maximum Gasteiger partial charge on any atom is 0.252 e. The van der Waals surface area contributed by atoms with Crippen molar-refractivity contribution in [2.45, 2.75) is 47.3 Å². The number of anilines is 1. The van der Waals surface area contributed by atoms with Crippen LogP contribution in [0.3, 0.4) is 0 Å². The summed E-state index contributed by atoms with van der Waals surface area (Å²) in [7, 11) is 0. The second-order valence-electron chi connectivity index (χ2n) is 6.00. The highest BCUT2D eigenvalue weighted by atomic mass is 16.7. The van der Waals surface area contributed by atoms with Gasteiger partial charge < -0.3 is 9.47 Å². The number of hydrogen-bond acceptors (Lipinski definition) is 5. The molecule has 0 fully saturated rings. The van der Waals surface area contributed by atoms with Crippen LogP contribution in [0.5, 0.6) is 0 Å². The highest BCUT2D eigenvalue weighted by molar-refractivity contribution is 5.92. The Morgan fingerprint density at radius 2 is 1.77 bits per heavy atom. The highest BCUT2D eigenvalue weighted by Crippen LogP contribution is 2.25. The van der Waals surface area contributed by atoms with E-state index in [1.54, 1.807) is 27.7 Å². The largest absolute Gasteiger partial charge is 0.345 e. The van der Waals surface area contributed by atoms with E-state index in [0.29, 0.717) is 18.9 Å². The molecule has 1 heterocycles. The van der Waals surface area contributed by atoms with Gasteiger partial charge in [0.05, 0.1) is 0 Å². The SMILES string of the molecule is CCOC(C)(OCC)c1cc(=O)[nH]c(NC(=O)C(C)(C)C)n1. The number of H-pyrrole nitrogens is 1. The van der Waals surface area contributed by atoms with Crippen molar-refractivity contribution in [3.05, 3.63) is 22.1 Å². The van der Waals surface area contributed by atoms with Gasteiger partial charge in [0.25, 0.3) is 5.56 Å². The van der Waals surface area contributed by atoms with Gasteiger partial charge >= 0.3 is 0 Å². The van der Waals surface area contributed by atoms with Crippen molar-refractivity contribution < 1.29 is 14.3 Å². The molecule has 0 aromatic carbocycles. The second kappa shape index (κ2) is 7.02. The number of amides is 1. The van der Waals surface area contributed by atoms with Crippen LogP contribution in [0, 0.1) is 5.41 Å². The molecule has 22 heavy (non-hydrogen) atoms. The number of carbonyl (C=O) groups excluding carboxylic acids is 1. The van der Waals surface area contributed by atoms with E-state index in [9.17, 15) is 9.59 Å². The average molecular weight is 311 g/mol. The summed E-state index contributed by atoms with van der Waals surface area (Å²) in [6.45, 7) is 11.5. The summed E-state index contributed by atoms with van der Waals surface area (Å²) in [6, 6.07) is 1.30. The zero-order valence-corrected chi connectivity index (χ0v) is 14.1. The van der Waals surface area contributed by atoms with Gasteiger partial charge in [-0.15, -0.1) is 0 Å². The summed E-state index contributed by atoms with van der Waals surface area (Å²) in [5.41, 5.74) is -0.679. The molecule has 1 amide bonds. The lowest BCUT2D eigenvalue weighted by molar-refractivity contribution is -0.232. The summed E-state index contributed by atoms with van der Waals surface area (Å²) in [4.78, 5) is 30.6. The summed E-state index contributed by atoms with van der Waals surface area (Å²) >= 11 is 0. The minimum atomic E-state index is -1.14. The van der Waals surface area contributed by atoms with E-state index in [0.717, 1.165) is 0 Å². The first-order chi connectivity index (χ1) is 10.1. The molecule has 0 aliphatic rings. The maximum absolute atomic E-state index is 12.0. The number of aromatic amines is 1. The van der Waals surface area contributed by atoms with Gasteiger partial charge in [0.2, 0.25) is 17.6 Å². The topological polar surface area (TPSA) is 93.3 Å². The van der Waals surface area contributed by atoms with Gasteiger partial charge in [-0.1, -0.05) is 20.8 Å². The molecule has 7 nitrogen and oxygen atoms in total. The van der Waals surface area contributed by atoms with Crippen LogP contribution in [0.15, 0.2) is 10.9 Å². The average Bonchev–Trinajstić information content (AvgIpc) is 2.37. The minimum absolute atomic E-state index is 0.0769. The van der Waals surface area contributed by atoms with Crippen LogP contribution < -0.4 is 10.9 Å². The molecule has 0 atom stereocenters. The van der Waals surface area contributed by atoms with Crippen LogP contribution in [0.2, 0.25) is 0 Å². The van der Waals surface area contributed by atoms with Crippen LogP contribution in [-0.2, 0) is 20.1 Å². The predicted molar refractivity (Wildman–Crippen MR) is 83.5 cm³/mol. The lowest BCUT2D eigenvalue weighted by Gasteiger charge is -2.28. The minimum Gasteiger partial charge on any atom is -0.345 e. The van der Waals surface area contributed by atoms with Gasteiger partial charge in [-0.05, 0) is 20.8 Å². The second-order valence-corrected chi connectivity index (χ2v) is 6.00. The number of rotatable bonds is 6. The molecular formula is C15H25N3O4. The molecule has 0 unspecified atom stereocenters. The molecule has 0 spiro atoms. The third kappa shape index (κ3) is 4.64. The smallest absolute Gasteiger partial charge is 0.252 e. The first kappa shape index (κ1) is 18.3. The predicted octanol–water partition coefficient (Wildman–Crippen LogP) is 2.00. The molecular weight excluding hydrogens is 286 g/mol. The Morgan fingerprint density at radius 3 is 2.23 bits per heavy atom. The van der Waals surface area contributed by atoms with E-state index in [1.165, 1.54) is 6.07 Å².